The lowest BCUT2D eigenvalue weighted by Gasteiger charge is -2.21. The van der Waals surface area contributed by atoms with E-state index in [4.69, 9.17) is 16.3 Å². The van der Waals surface area contributed by atoms with Crippen molar-refractivity contribution in [2.75, 3.05) is 0 Å². The van der Waals surface area contributed by atoms with E-state index in [0.29, 0.717) is 11.5 Å². The average Bonchev–Trinajstić information content (AvgIpc) is 2.93. The number of benzene rings is 1. The molecule has 1 saturated carbocycles. The molecular weight excluding hydrogens is 232 g/mol. The second-order valence-electron chi connectivity index (χ2n) is 5.74. The second kappa shape index (κ2) is 3.91. The summed E-state index contributed by atoms with van der Waals surface area (Å²) < 4.78 is 6.03. The van der Waals surface area contributed by atoms with Crippen LogP contribution in [0.15, 0.2) is 18.2 Å². The Labute approximate surface area is 108 Å². The molecule has 1 aromatic carbocycles. The van der Waals surface area contributed by atoms with Crippen molar-refractivity contribution in [1.82, 2.24) is 0 Å². The molecule has 0 bridgehead atoms. The van der Waals surface area contributed by atoms with Crippen molar-refractivity contribution in [2.24, 2.45) is 5.41 Å². The van der Waals surface area contributed by atoms with Crippen LogP contribution in [0.1, 0.15) is 37.3 Å². The summed E-state index contributed by atoms with van der Waals surface area (Å²) in [6.45, 7) is 4.26. The van der Waals surface area contributed by atoms with Gasteiger partial charge in [-0.3, -0.25) is 0 Å². The van der Waals surface area contributed by atoms with E-state index in [-0.39, 0.29) is 5.38 Å². The van der Waals surface area contributed by atoms with Crippen molar-refractivity contribution in [2.45, 2.75) is 51.0 Å². The zero-order valence-electron chi connectivity index (χ0n) is 10.5. The van der Waals surface area contributed by atoms with Crippen molar-refractivity contribution >= 4 is 11.6 Å². The van der Waals surface area contributed by atoms with Crippen molar-refractivity contribution in [3.63, 3.8) is 0 Å². The summed E-state index contributed by atoms with van der Waals surface area (Å²) in [5.41, 5.74) is 3.05. The van der Waals surface area contributed by atoms with Crippen molar-refractivity contribution in [1.29, 1.82) is 0 Å². The Kier molecular flexibility index (Phi) is 2.62. The van der Waals surface area contributed by atoms with Gasteiger partial charge in [0.15, 0.2) is 0 Å². The number of ether oxygens (including phenoxy) is 1. The van der Waals surface area contributed by atoms with Gasteiger partial charge < -0.3 is 4.74 Å². The summed E-state index contributed by atoms with van der Waals surface area (Å²) in [4.78, 5) is 0. The molecule has 3 rings (SSSR count). The zero-order chi connectivity index (χ0) is 12.0. The monoisotopic (exact) mass is 250 g/mol. The van der Waals surface area contributed by atoms with Gasteiger partial charge in [0.25, 0.3) is 0 Å². The molecule has 0 amide bonds. The predicted octanol–water partition coefficient (Wildman–Crippen LogP) is 4.10. The molecule has 1 aliphatic heterocycles. The Morgan fingerprint density at radius 3 is 2.88 bits per heavy atom. The minimum Gasteiger partial charge on any atom is -0.490 e. The Morgan fingerprint density at radius 1 is 1.47 bits per heavy atom. The molecule has 1 aliphatic carbocycles. The molecule has 1 aromatic rings. The summed E-state index contributed by atoms with van der Waals surface area (Å²) >= 11 is 6.29. The first-order valence-electron chi connectivity index (χ1n) is 6.49. The highest BCUT2D eigenvalue weighted by molar-refractivity contribution is 6.21. The maximum Gasteiger partial charge on any atom is 0.123 e. The molecule has 0 N–H and O–H groups in total. The maximum absolute atomic E-state index is 6.29. The molecule has 1 heterocycles. The third-order valence-electron chi connectivity index (χ3n) is 4.33. The Hall–Kier alpha value is -0.690. The van der Waals surface area contributed by atoms with Gasteiger partial charge in [0, 0.05) is 11.8 Å². The molecule has 92 valence electrons. The molecule has 1 fully saturated rings. The molecule has 2 heteroatoms. The van der Waals surface area contributed by atoms with Gasteiger partial charge in [-0.25, -0.2) is 0 Å². The van der Waals surface area contributed by atoms with Crippen molar-refractivity contribution < 1.29 is 4.74 Å². The largest absolute Gasteiger partial charge is 0.490 e. The van der Waals surface area contributed by atoms with Gasteiger partial charge in [-0.05, 0) is 50.2 Å². The number of alkyl halides is 1. The van der Waals surface area contributed by atoms with Crippen LogP contribution in [0.25, 0.3) is 0 Å². The molecule has 1 nitrogen and oxygen atoms in total. The first-order valence-corrected chi connectivity index (χ1v) is 6.93. The molecule has 17 heavy (non-hydrogen) atoms. The predicted molar refractivity (Wildman–Crippen MR) is 70.9 cm³/mol. The van der Waals surface area contributed by atoms with Crippen LogP contribution in [0.4, 0.5) is 0 Å². The van der Waals surface area contributed by atoms with Crippen molar-refractivity contribution in [3.05, 3.63) is 29.3 Å². The van der Waals surface area contributed by atoms with Crippen LogP contribution >= 0.6 is 11.6 Å². The Morgan fingerprint density at radius 2 is 2.24 bits per heavy atom. The lowest BCUT2D eigenvalue weighted by Crippen LogP contribution is -2.23. The maximum atomic E-state index is 6.29. The topological polar surface area (TPSA) is 9.23 Å². The number of halogens is 1. The average molecular weight is 251 g/mol. The fourth-order valence-corrected chi connectivity index (χ4v) is 3.25. The van der Waals surface area contributed by atoms with Crippen LogP contribution in [0.2, 0.25) is 0 Å². The minimum atomic E-state index is 0.275. The van der Waals surface area contributed by atoms with Crippen LogP contribution in [0.5, 0.6) is 5.75 Å². The summed E-state index contributed by atoms with van der Waals surface area (Å²) in [6.07, 6.45) is 5.06. The summed E-state index contributed by atoms with van der Waals surface area (Å²) in [7, 11) is 0. The fraction of sp³-hybridized carbons (Fsp3) is 0.600. The summed E-state index contributed by atoms with van der Waals surface area (Å²) in [5, 5.41) is 0.275. The summed E-state index contributed by atoms with van der Waals surface area (Å²) in [5.74, 6) is 1.08. The van der Waals surface area contributed by atoms with Gasteiger partial charge in [-0.15, -0.1) is 11.6 Å². The Balaban J connectivity index is 1.70. The number of hydrogen-bond donors (Lipinski definition) is 0. The third kappa shape index (κ3) is 2.06. The minimum absolute atomic E-state index is 0.275. The van der Waals surface area contributed by atoms with E-state index in [9.17, 15) is 0 Å². The highest BCUT2D eigenvalue weighted by atomic mass is 35.5. The number of aryl methyl sites for hydroxylation is 1. The molecule has 0 saturated heterocycles. The smallest absolute Gasteiger partial charge is 0.123 e. The normalized spacial score (nSPS) is 26.2. The van der Waals surface area contributed by atoms with E-state index >= 15 is 0 Å². The number of fused-ring (bicyclic) bond motifs is 1. The van der Waals surface area contributed by atoms with Crippen LogP contribution in [-0.2, 0) is 6.42 Å². The van der Waals surface area contributed by atoms with Crippen LogP contribution in [-0.4, -0.2) is 11.5 Å². The van der Waals surface area contributed by atoms with Gasteiger partial charge in [-0.1, -0.05) is 17.7 Å². The lowest BCUT2D eigenvalue weighted by atomic mass is 9.93. The van der Waals surface area contributed by atoms with Gasteiger partial charge in [0.2, 0.25) is 0 Å². The first-order chi connectivity index (χ1) is 8.09. The van der Waals surface area contributed by atoms with Gasteiger partial charge in [0.05, 0.1) is 0 Å². The highest BCUT2D eigenvalue weighted by Gasteiger charge is 2.49. The highest BCUT2D eigenvalue weighted by Crippen LogP contribution is 2.55. The quantitative estimate of drug-likeness (QED) is 0.734. The van der Waals surface area contributed by atoms with E-state index in [1.54, 1.807) is 0 Å². The third-order valence-corrected chi connectivity index (χ3v) is 4.79. The number of hydrogen-bond acceptors (Lipinski definition) is 1. The fourth-order valence-electron chi connectivity index (χ4n) is 2.94. The van der Waals surface area contributed by atoms with Crippen LogP contribution in [0.3, 0.4) is 0 Å². The van der Waals surface area contributed by atoms with E-state index in [2.05, 4.69) is 32.0 Å². The number of rotatable bonds is 3. The van der Waals surface area contributed by atoms with Crippen LogP contribution in [0, 0.1) is 12.3 Å². The molecule has 2 unspecified atom stereocenters. The molecule has 0 aromatic heterocycles. The zero-order valence-corrected chi connectivity index (χ0v) is 11.3. The van der Waals surface area contributed by atoms with Gasteiger partial charge in [0.1, 0.15) is 11.9 Å². The van der Waals surface area contributed by atoms with Gasteiger partial charge in [-0.2, -0.15) is 0 Å². The van der Waals surface area contributed by atoms with Crippen molar-refractivity contribution in [3.8, 4) is 5.75 Å². The summed E-state index contributed by atoms with van der Waals surface area (Å²) in [6, 6.07) is 6.48. The van der Waals surface area contributed by atoms with E-state index in [1.807, 2.05) is 0 Å². The van der Waals surface area contributed by atoms with Gasteiger partial charge >= 0.3 is 0 Å². The van der Waals surface area contributed by atoms with E-state index in [1.165, 1.54) is 24.0 Å². The van der Waals surface area contributed by atoms with E-state index in [0.717, 1.165) is 18.6 Å². The van der Waals surface area contributed by atoms with E-state index < -0.39 is 0 Å². The lowest BCUT2D eigenvalue weighted by molar-refractivity contribution is 0.185. The SMILES string of the molecule is Cc1ccc2c(c1)CC(CC1(C(C)Cl)CC1)O2. The molecular formula is C15H19ClO. The second-order valence-corrected chi connectivity index (χ2v) is 6.39. The standard InChI is InChI=1S/C15H19ClO/c1-10-3-4-14-12(7-10)8-13(17-14)9-15(5-6-15)11(2)16/h3-4,7,11,13H,5-6,8-9H2,1-2H3. The first kappa shape index (κ1) is 11.4. The Bertz CT molecular complexity index is 435. The molecule has 2 aliphatic rings. The van der Waals surface area contributed by atoms with Crippen LogP contribution < -0.4 is 4.74 Å². The molecule has 2 atom stereocenters. The molecule has 0 radical (unpaired) electrons. The molecule has 0 spiro atoms.